The molecule has 0 bridgehead atoms. The summed E-state index contributed by atoms with van der Waals surface area (Å²) in [4.78, 5) is 38.1. The van der Waals surface area contributed by atoms with Gasteiger partial charge in [0, 0.05) is 25.1 Å². The van der Waals surface area contributed by atoms with Crippen LogP contribution in [0, 0.1) is 5.92 Å². The Bertz CT molecular complexity index is 807. The molecule has 27 heavy (non-hydrogen) atoms. The minimum absolute atomic E-state index is 0.0804. The first-order valence-corrected chi connectivity index (χ1v) is 8.91. The van der Waals surface area contributed by atoms with Crippen LogP contribution in [0.3, 0.4) is 0 Å². The van der Waals surface area contributed by atoms with Crippen molar-refractivity contribution in [1.29, 1.82) is 0 Å². The van der Waals surface area contributed by atoms with Gasteiger partial charge in [-0.25, -0.2) is 0 Å². The highest BCUT2D eigenvalue weighted by atomic mass is 16.5. The lowest BCUT2D eigenvalue weighted by atomic mass is 10.1. The summed E-state index contributed by atoms with van der Waals surface area (Å²) in [7, 11) is 0. The van der Waals surface area contributed by atoms with Crippen molar-refractivity contribution in [2.24, 2.45) is 11.7 Å². The quantitative estimate of drug-likeness (QED) is 0.757. The Labute approximate surface area is 157 Å². The van der Waals surface area contributed by atoms with Gasteiger partial charge in [0.05, 0.1) is 5.92 Å². The topological polar surface area (TPSA) is 89.7 Å². The molecule has 0 saturated carbocycles. The molecule has 2 aromatic carbocycles. The fourth-order valence-corrected chi connectivity index (χ4v) is 3.19. The largest absolute Gasteiger partial charge is 0.447 e. The molecule has 1 saturated heterocycles. The Kier molecular flexibility index (Phi) is 5.86. The summed E-state index contributed by atoms with van der Waals surface area (Å²) in [6, 6.07) is 18.5. The first-order valence-electron chi connectivity index (χ1n) is 8.91. The van der Waals surface area contributed by atoms with Gasteiger partial charge in [-0.2, -0.15) is 0 Å². The van der Waals surface area contributed by atoms with E-state index in [-0.39, 0.29) is 12.3 Å². The van der Waals surface area contributed by atoms with Crippen molar-refractivity contribution in [3.05, 3.63) is 71.8 Å². The molecule has 1 aliphatic heterocycles. The molecule has 0 unspecified atom stereocenters. The number of esters is 1. The zero-order valence-corrected chi connectivity index (χ0v) is 14.9. The van der Waals surface area contributed by atoms with Gasteiger partial charge in [-0.05, 0) is 12.0 Å². The van der Waals surface area contributed by atoms with E-state index < -0.39 is 23.9 Å². The maximum atomic E-state index is 12.5. The summed E-state index contributed by atoms with van der Waals surface area (Å²) < 4.78 is 5.35. The number of benzene rings is 2. The van der Waals surface area contributed by atoms with Crippen molar-refractivity contribution in [3.8, 4) is 0 Å². The summed E-state index contributed by atoms with van der Waals surface area (Å²) in [6.45, 7) is 0.843. The lowest BCUT2D eigenvalue weighted by Gasteiger charge is -2.18. The molecular weight excluding hydrogens is 344 g/mol. The summed E-state index contributed by atoms with van der Waals surface area (Å²) >= 11 is 0. The molecule has 2 amide bonds. The SMILES string of the molecule is NC(=O)[C@@H](OC(=O)[C@@H]1CC(=O)N(CCc2ccccc2)C1)c1ccccc1. The highest BCUT2D eigenvalue weighted by molar-refractivity contribution is 5.89. The molecule has 6 heteroatoms. The van der Waals surface area contributed by atoms with Crippen LogP contribution in [0.15, 0.2) is 60.7 Å². The van der Waals surface area contributed by atoms with E-state index in [0.29, 0.717) is 18.7 Å². The highest BCUT2D eigenvalue weighted by Crippen LogP contribution is 2.24. The number of hydrogen-bond donors (Lipinski definition) is 1. The Morgan fingerprint density at radius 1 is 1.07 bits per heavy atom. The van der Waals surface area contributed by atoms with Gasteiger partial charge in [-0.1, -0.05) is 60.7 Å². The second-order valence-electron chi connectivity index (χ2n) is 6.61. The number of nitrogens with zero attached hydrogens (tertiary/aromatic N) is 1. The molecule has 0 aliphatic carbocycles. The van der Waals surface area contributed by atoms with E-state index in [0.717, 1.165) is 12.0 Å². The zero-order valence-electron chi connectivity index (χ0n) is 14.9. The van der Waals surface area contributed by atoms with Crippen molar-refractivity contribution in [1.82, 2.24) is 4.90 Å². The molecule has 0 radical (unpaired) electrons. The maximum absolute atomic E-state index is 12.5. The number of rotatable bonds is 7. The lowest BCUT2D eigenvalue weighted by Crippen LogP contribution is -2.31. The molecule has 2 aromatic rings. The molecule has 2 atom stereocenters. The van der Waals surface area contributed by atoms with Crippen LogP contribution in [0.1, 0.15) is 23.7 Å². The van der Waals surface area contributed by atoms with Crippen LogP contribution in [-0.4, -0.2) is 35.8 Å². The van der Waals surface area contributed by atoms with Gasteiger partial charge < -0.3 is 15.4 Å². The second-order valence-corrected chi connectivity index (χ2v) is 6.61. The van der Waals surface area contributed by atoms with Gasteiger partial charge in [-0.3, -0.25) is 14.4 Å². The maximum Gasteiger partial charge on any atom is 0.312 e. The third kappa shape index (κ3) is 4.73. The average Bonchev–Trinajstić information content (AvgIpc) is 3.06. The van der Waals surface area contributed by atoms with Crippen LogP contribution in [0.2, 0.25) is 0 Å². The molecule has 1 aliphatic rings. The fourth-order valence-electron chi connectivity index (χ4n) is 3.19. The molecule has 0 aromatic heterocycles. The Morgan fingerprint density at radius 3 is 2.33 bits per heavy atom. The molecule has 3 rings (SSSR count). The van der Waals surface area contributed by atoms with Crippen LogP contribution in [0.5, 0.6) is 0 Å². The molecule has 140 valence electrons. The summed E-state index contributed by atoms with van der Waals surface area (Å²) in [5.74, 6) is -1.97. The molecule has 1 fully saturated rings. The Morgan fingerprint density at radius 2 is 1.70 bits per heavy atom. The van der Waals surface area contributed by atoms with E-state index in [1.54, 1.807) is 35.2 Å². The fraction of sp³-hybridized carbons (Fsp3) is 0.286. The van der Waals surface area contributed by atoms with Crippen molar-refractivity contribution >= 4 is 17.8 Å². The van der Waals surface area contributed by atoms with Crippen LogP contribution < -0.4 is 5.73 Å². The highest BCUT2D eigenvalue weighted by Gasteiger charge is 2.37. The number of hydrogen-bond acceptors (Lipinski definition) is 4. The molecule has 1 heterocycles. The van der Waals surface area contributed by atoms with Gasteiger partial charge in [0.25, 0.3) is 5.91 Å². The van der Waals surface area contributed by atoms with E-state index in [4.69, 9.17) is 10.5 Å². The smallest absolute Gasteiger partial charge is 0.312 e. The molecular formula is C21H22N2O4. The Hall–Kier alpha value is -3.15. The number of nitrogens with two attached hydrogens (primary N) is 1. The van der Waals surface area contributed by atoms with Gasteiger partial charge in [0.2, 0.25) is 12.0 Å². The summed E-state index contributed by atoms with van der Waals surface area (Å²) in [5, 5.41) is 0. The molecule has 2 N–H and O–H groups in total. The van der Waals surface area contributed by atoms with Crippen molar-refractivity contribution in [2.45, 2.75) is 18.9 Å². The van der Waals surface area contributed by atoms with Gasteiger partial charge in [0.1, 0.15) is 0 Å². The zero-order chi connectivity index (χ0) is 19.2. The van der Waals surface area contributed by atoms with Crippen LogP contribution >= 0.6 is 0 Å². The van der Waals surface area contributed by atoms with Crippen LogP contribution in [0.4, 0.5) is 0 Å². The summed E-state index contributed by atoms with van der Waals surface area (Å²) in [5.41, 5.74) is 7.04. The first-order chi connectivity index (χ1) is 13.0. The van der Waals surface area contributed by atoms with Crippen LogP contribution in [0.25, 0.3) is 0 Å². The van der Waals surface area contributed by atoms with Crippen molar-refractivity contribution < 1.29 is 19.1 Å². The molecule has 6 nitrogen and oxygen atoms in total. The van der Waals surface area contributed by atoms with Crippen LogP contribution in [-0.2, 0) is 25.5 Å². The third-order valence-electron chi connectivity index (χ3n) is 4.66. The second kappa shape index (κ2) is 8.49. The number of primary amides is 1. The Balaban J connectivity index is 1.59. The van der Waals surface area contributed by atoms with Gasteiger partial charge in [-0.15, -0.1) is 0 Å². The number of likely N-dealkylation sites (tertiary alicyclic amines) is 1. The standard InChI is InChI=1S/C21H22N2O4/c22-20(25)19(16-9-5-2-6-10-16)27-21(26)17-13-18(24)23(14-17)12-11-15-7-3-1-4-8-15/h1-10,17,19H,11-14H2,(H2,22,25)/t17-,19+/m1/s1. The minimum atomic E-state index is -1.15. The predicted octanol–water partition coefficient (Wildman–Crippen LogP) is 1.85. The van der Waals surface area contributed by atoms with E-state index in [2.05, 4.69) is 0 Å². The van der Waals surface area contributed by atoms with E-state index in [1.807, 2.05) is 30.3 Å². The number of carbonyl (C=O) groups is 3. The minimum Gasteiger partial charge on any atom is -0.447 e. The van der Waals surface area contributed by atoms with Gasteiger partial charge >= 0.3 is 5.97 Å². The predicted molar refractivity (Wildman–Crippen MR) is 99.3 cm³/mol. The van der Waals surface area contributed by atoms with Crippen molar-refractivity contribution in [3.63, 3.8) is 0 Å². The monoisotopic (exact) mass is 366 g/mol. The average molecular weight is 366 g/mol. The third-order valence-corrected chi connectivity index (χ3v) is 4.66. The lowest BCUT2D eigenvalue weighted by molar-refractivity contribution is -0.159. The molecule has 0 spiro atoms. The summed E-state index contributed by atoms with van der Waals surface area (Å²) in [6.07, 6.45) is -0.330. The van der Waals surface area contributed by atoms with Gasteiger partial charge in [0.15, 0.2) is 0 Å². The van der Waals surface area contributed by atoms with E-state index >= 15 is 0 Å². The van der Waals surface area contributed by atoms with E-state index in [1.165, 1.54) is 0 Å². The normalized spacial score (nSPS) is 17.6. The van der Waals surface area contributed by atoms with E-state index in [9.17, 15) is 14.4 Å². The van der Waals surface area contributed by atoms with Crippen molar-refractivity contribution in [2.75, 3.05) is 13.1 Å². The number of amides is 2. The number of ether oxygens (including phenoxy) is 1. The first kappa shape index (κ1) is 18.6. The number of carbonyl (C=O) groups excluding carboxylic acids is 3.